The van der Waals surface area contributed by atoms with Gasteiger partial charge in [-0.3, -0.25) is 9.10 Å². The molecular formula is C20H21Cl2F3N2O4S. The van der Waals surface area contributed by atoms with Gasteiger partial charge in [-0.25, -0.2) is 8.42 Å². The van der Waals surface area contributed by atoms with Crippen LogP contribution < -0.4 is 14.4 Å². The van der Waals surface area contributed by atoms with Crippen molar-refractivity contribution in [2.75, 3.05) is 30.3 Å². The predicted molar refractivity (Wildman–Crippen MR) is 118 cm³/mol. The molecule has 1 N–H and O–H groups in total. The smallest absolute Gasteiger partial charge is 0.418 e. The van der Waals surface area contributed by atoms with Crippen LogP contribution in [0.1, 0.15) is 18.4 Å². The Morgan fingerprint density at radius 1 is 1.09 bits per heavy atom. The van der Waals surface area contributed by atoms with E-state index in [9.17, 15) is 26.4 Å². The lowest BCUT2D eigenvalue weighted by atomic mass is 10.1. The van der Waals surface area contributed by atoms with Gasteiger partial charge in [-0.1, -0.05) is 23.2 Å². The van der Waals surface area contributed by atoms with Crippen LogP contribution in [0.5, 0.6) is 5.75 Å². The highest BCUT2D eigenvalue weighted by Gasteiger charge is 2.36. The Labute approximate surface area is 194 Å². The van der Waals surface area contributed by atoms with Crippen LogP contribution in [-0.2, 0) is 21.0 Å². The lowest BCUT2D eigenvalue weighted by Gasteiger charge is -2.25. The third-order valence-electron chi connectivity index (χ3n) is 4.20. The first-order valence-corrected chi connectivity index (χ1v) is 12.0. The molecule has 0 unspecified atom stereocenters. The zero-order chi connectivity index (χ0) is 23.9. The van der Waals surface area contributed by atoms with Crippen LogP contribution >= 0.6 is 23.2 Å². The lowest BCUT2D eigenvalue weighted by molar-refractivity contribution is -0.137. The fourth-order valence-electron chi connectivity index (χ4n) is 2.78. The molecule has 0 aliphatic heterocycles. The first kappa shape index (κ1) is 26.1. The van der Waals surface area contributed by atoms with Crippen molar-refractivity contribution < 1.29 is 31.1 Å². The summed E-state index contributed by atoms with van der Waals surface area (Å²) in [5.74, 6) is 0.196. The van der Waals surface area contributed by atoms with E-state index in [4.69, 9.17) is 27.9 Å². The number of amides is 1. The van der Waals surface area contributed by atoms with Gasteiger partial charge in [0.05, 0.1) is 24.1 Å². The number of nitrogens with one attached hydrogen (secondary N) is 1. The third kappa shape index (κ3) is 8.07. The van der Waals surface area contributed by atoms with E-state index in [0.717, 1.165) is 12.3 Å². The van der Waals surface area contributed by atoms with Crippen LogP contribution in [0.4, 0.5) is 18.9 Å². The molecule has 0 atom stereocenters. The van der Waals surface area contributed by atoms with Gasteiger partial charge in [-0.2, -0.15) is 13.2 Å². The summed E-state index contributed by atoms with van der Waals surface area (Å²) in [6, 6.07) is 9.52. The molecule has 0 saturated carbocycles. The SMILES string of the molecule is CS(=O)(=O)N(CCCC(=O)NCCOc1ccc(Cl)cc1)c1ccc(Cl)cc1C(F)(F)F. The monoisotopic (exact) mass is 512 g/mol. The van der Waals surface area contributed by atoms with E-state index in [0.29, 0.717) is 21.1 Å². The van der Waals surface area contributed by atoms with Crippen LogP contribution in [0, 0.1) is 0 Å². The van der Waals surface area contributed by atoms with Crippen LogP contribution in [-0.4, -0.2) is 40.3 Å². The minimum absolute atomic E-state index is 0.0108. The summed E-state index contributed by atoms with van der Waals surface area (Å²) in [5, 5.41) is 3.00. The summed E-state index contributed by atoms with van der Waals surface area (Å²) in [4.78, 5) is 12.0. The van der Waals surface area contributed by atoms with E-state index in [2.05, 4.69) is 5.32 Å². The van der Waals surface area contributed by atoms with Gasteiger partial charge >= 0.3 is 6.18 Å². The van der Waals surface area contributed by atoms with E-state index in [1.807, 2.05) is 0 Å². The quantitative estimate of drug-likeness (QED) is 0.466. The van der Waals surface area contributed by atoms with Crippen LogP contribution in [0.2, 0.25) is 10.0 Å². The van der Waals surface area contributed by atoms with Gasteiger partial charge in [0.25, 0.3) is 0 Å². The number of alkyl halides is 3. The van der Waals surface area contributed by atoms with Crippen LogP contribution in [0.15, 0.2) is 42.5 Å². The van der Waals surface area contributed by atoms with Crippen molar-refractivity contribution in [1.29, 1.82) is 0 Å². The number of carbonyl (C=O) groups is 1. The van der Waals surface area contributed by atoms with E-state index in [1.54, 1.807) is 24.3 Å². The van der Waals surface area contributed by atoms with Crippen LogP contribution in [0.25, 0.3) is 0 Å². The Morgan fingerprint density at radius 3 is 2.31 bits per heavy atom. The fourth-order valence-corrected chi connectivity index (χ4v) is 4.05. The topological polar surface area (TPSA) is 75.7 Å². The predicted octanol–water partition coefficient (Wildman–Crippen LogP) is 4.75. The van der Waals surface area contributed by atoms with Gasteiger partial charge in [0.1, 0.15) is 12.4 Å². The molecule has 0 fully saturated rings. The number of carbonyl (C=O) groups excluding carboxylic acids is 1. The van der Waals surface area contributed by atoms with Crippen molar-refractivity contribution >= 4 is 44.8 Å². The van der Waals surface area contributed by atoms with E-state index in [-0.39, 0.29) is 43.5 Å². The second kappa shape index (κ2) is 11.1. The molecule has 0 aliphatic rings. The van der Waals surface area contributed by atoms with Crippen molar-refractivity contribution in [3.05, 3.63) is 58.1 Å². The average Bonchev–Trinajstić information content (AvgIpc) is 2.69. The Hall–Kier alpha value is -2.17. The summed E-state index contributed by atoms with van der Waals surface area (Å²) in [6.07, 6.45) is -4.07. The molecule has 0 saturated heterocycles. The van der Waals surface area contributed by atoms with Crippen molar-refractivity contribution in [2.24, 2.45) is 0 Å². The highest BCUT2D eigenvalue weighted by atomic mass is 35.5. The maximum atomic E-state index is 13.4. The molecule has 2 aromatic rings. The number of sulfonamides is 1. The molecule has 176 valence electrons. The highest BCUT2D eigenvalue weighted by molar-refractivity contribution is 7.92. The van der Waals surface area contributed by atoms with E-state index < -0.39 is 27.5 Å². The summed E-state index contributed by atoms with van der Waals surface area (Å²) >= 11 is 11.4. The molecule has 0 heterocycles. The van der Waals surface area contributed by atoms with Crippen molar-refractivity contribution in [3.8, 4) is 5.75 Å². The number of hydrogen-bond acceptors (Lipinski definition) is 4. The standard InChI is InChI=1S/C20H21Cl2F3N2O4S/c1-32(29,30)27(18-9-6-15(22)13-17(18)20(23,24)25)11-2-3-19(28)26-10-12-31-16-7-4-14(21)5-8-16/h4-9,13H,2-3,10-12H2,1H3,(H,26,28). The van der Waals surface area contributed by atoms with Gasteiger partial charge in [0.2, 0.25) is 15.9 Å². The molecule has 0 aliphatic carbocycles. The molecular weight excluding hydrogens is 492 g/mol. The summed E-state index contributed by atoms with van der Waals surface area (Å²) < 4.78 is 70.5. The number of benzene rings is 2. The Kier molecular flexibility index (Phi) is 9.06. The molecule has 6 nitrogen and oxygen atoms in total. The number of nitrogens with zero attached hydrogens (tertiary/aromatic N) is 1. The highest BCUT2D eigenvalue weighted by Crippen LogP contribution is 2.39. The second-order valence-corrected chi connectivity index (χ2v) is 9.53. The summed E-state index contributed by atoms with van der Waals surface area (Å²) in [6.45, 7) is 0.0907. The van der Waals surface area contributed by atoms with Gasteiger partial charge in [-0.05, 0) is 48.9 Å². The van der Waals surface area contributed by atoms with Gasteiger partial charge in [-0.15, -0.1) is 0 Å². The minimum atomic E-state index is -4.80. The Morgan fingerprint density at radius 2 is 1.72 bits per heavy atom. The first-order chi connectivity index (χ1) is 14.9. The van der Waals surface area contributed by atoms with Crippen molar-refractivity contribution in [1.82, 2.24) is 5.32 Å². The molecule has 12 heteroatoms. The maximum absolute atomic E-state index is 13.4. The number of ether oxygens (including phenoxy) is 1. The second-order valence-electron chi connectivity index (χ2n) is 6.75. The normalized spacial score (nSPS) is 11.8. The fraction of sp³-hybridized carbons (Fsp3) is 0.350. The van der Waals surface area contributed by atoms with Crippen molar-refractivity contribution in [3.63, 3.8) is 0 Å². The lowest BCUT2D eigenvalue weighted by Crippen LogP contribution is -2.34. The van der Waals surface area contributed by atoms with Crippen molar-refractivity contribution in [2.45, 2.75) is 19.0 Å². The van der Waals surface area contributed by atoms with E-state index in [1.165, 1.54) is 6.07 Å². The number of hydrogen-bond donors (Lipinski definition) is 1. The summed E-state index contributed by atoms with van der Waals surface area (Å²) in [7, 11) is -4.04. The molecule has 2 aromatic carbocycles. The van der Waals surface area contributed by atoms with Gasteiger partial charge < -0.3 is 10.1 Å². The molecule has 0 aromatic heterocycles. The number of anilines is 1. The molecule has 0 radical (unpaired) electrons. The van der Waals surface area contributed by atoms with E-state index >= 15 is 0 Å². The van der Waals surface area contributed by atoms with Gasteiger partial charge in [0, 0.05) is 23.0 Å². The molecule has 0 bridgehead atoms. The Bertz CT molecular complexity index is 1030. The molecule has 1 amide bonds. The maximum Gasteiger partial charge on any atom is 0.418 e. The number of halogens is 5. The first-order valence-electron chi connectivity index (χ1n) is 9.37. The zero-order valence-electron chi connectivity index (χ0n) is 17.0. The molecule has 2 rings (SSSR count). The molecule has 0 spiro atoms. The summed E-state index contributed by atoms with van der Waals surface area (Å²) in [5.41, 5.74) is -1.71. The third-order valence-corrected chi connectivity index (χ3v) is 5.87. The van der Waals surface area contributed by atoms with Gasteiger partial charge in [0.15, 0.2) is 0 Å². The Balaban J connectivity index is 1.91. The zero-order valence-corrected chi connectivity index (χ0v) is 19.3. The average molecular weight is 513 g/mol. The minimum Gasteiger partial charge on any atom is -0.492 e. The largest absolute Gasteiger partial charge is 0.492 e. The molecule has 32 heavy (non-hydrogen) atoms. The number of rotatable bonds is 10. The van der Waals surface area contributed by atoms with Crippen LogP contribution in [0.3, 0.4) is 0 Å².